The summed E-state index contributed by atoms with van der Waals surface area (Å²) < 4.78 is 0. The zero-order chi connectivity index (χ0) is 21.3. The first kappa shape index (κ1) is 25.6. The Hall–Kier alpha value is -1.62. The fourth-order valence-electron chi connectivity index (χ4n) is 4.29. The maximum atomic E-state index is 11.3. The average Bonchev–Trinajstić information content (AvgIpc) is 2.77. The fourth-order valence-corrected chi connectivity index (χ4v) is 4.29. The standard InChI is InChI=1S/C22H37N7O.HI/c1-3-24-22(29-9-5-6-18(17-29)14-20(23)30)26-16-19-7-8-21(25-15-19)28-12-10-27(4-2)11-13-28;/h7-8,15,18H,3-6,9-14,16-17H2,1-2H3,(H2,23,30)(H,24,26);1H. The van der Waals surface area contributed by atoms with Gasteiger partial charge in [0.25, 0.3) is 0 Å². The monoisotopic (exact) mass is 543 g/mol. The van der Waals surface area contributed by atoms with Crippen molar-refractivity contribution in [3.8, 4) is 0 Å². The van der Waals surface area contributed by atoms with Gasteiger partial charge in [0.1, 0.15) is 5.82 Å². The van der Waals surface area contributed by atoms with Crippen molar-refractivity contribution in [3.05, 3.63) is 23.9 Å². The Labute approximate surface area is 203 Å². The number of likely N-dealkylation sites (N-methyl/N-ethyl adjacent to an activating group) is 1. The van der Waals surface area contributed by atoms with Gasteiger partial charge >= 0.3 is 0 Å². The highest BCUT2D eigenvalue weighted by atomic mass is 127. The highest BCUT2D eigenvalue weighted by molar-refractivity contribution is 14.0. The number of halogens is 1. The molecule has 174 valence electrons. The third-order valence-corrected chi connectivity index (χ3v) is 6.01. The van der Waals surface area contributed by atoms with E-state index in [2.05, 4.69) is 51.0 Å². The molecule has 0 aromatic carbocycles. The third-order valence-electron chi connectivity index (χ3n) is 6.01. The lowest BCUT2D eigenvalue weighted by molar-refractivity contribution is -0.119. The van der Waals surface area contributed by atoms with E-state index in [-0.39, 0.29) is 29.9 Å². The molecule has 0 aliphatic carbocycles. The number of piperazine rings is 1. The van der Waals surface area contributed by atoms with Crippen LogP contribution in [-0.4, -0.2) is 79.0 Å². The summed E-state index contributed by atoms with van der Waals surface area (Å²) in [6, 6.07) is 4.25. The summed E-state index contributed by atoms with van der Waals surface area (Å²) in [7, 11) is 0. The van der Waals surface area contributed by atoms with Crippen molar-refractivity contribution < 1.29 is 4.79 Å². The van der Waals surface area contributed by atoms with E-state index >= 15 is 0 Å². The molecule has 1 unspecified atom stereocenters. The first-order chi connectivity index (χ1) is 14.6. The molecule has 31 heavy (non-hydrogen) atoms. The molecule has 0 saturated carbocycles. The lowest BCUT2D eigenvalue weighted by Gasteiger charge is -2.35. The first-order valence-corrected chi connectivity index (χ1v) is 11.3. The first-order valence-electron chi connectivity index (χ1n) is 11.3. The smallest absolute Gasteiger partial charge is 0.217 e. The van der Waals surface area contributed by atoms with Crippen molar-refractivity contribution in [2.24, 2.45) is 16.6 Å². The van der Waals surface area contributed by atoms with Gasteiger partial charge in [0.15, 0.2) is 5.96 Å². The molecule has 2 fully saturated rings. The predicted molar refractivity (Wildman–Crippen MR) is 137 cm³/mol. The van der Waals surface area contributed by atoms with Crippen LogP contribution in [0.3, 0.4) is 0 Å². The van der Waals surface area contributed by atoms with E-state index in [0.29, 0.717) is 18.9 Å². The molecule has 1 aromatic heterocycles. The number of carbonyl (C=O) groups is 1. The second-order valence-electron chi connectivity index (χ2n) is 8.24. The maximum Gasteiger partial charge on any atom is 0.217 e. The highest BCUT2D eigenvalue weighted by Crippen LogP contribution is 2.20. The second-order valence-corrected chi connectivity index (χ2v) is 8.24. The van der Waals surface area contributed by atoms with Gasteiger partial charge in [0.05, 0.1) is 6.54 Å². The number of hydrogen-bond donors (Lipinski definition) is 2. The molecule has 2 saturated heterocycles. The third kappa shape index (κ3) is 7.78. The van der Waals surface area contributed by atoms with Gasteiger partial charge in [-0.1, -0.05) is 13.0 Å². The predicted octanol–water partition coefficient (Wildman–Crippen LogP) is 1.89. The van der Waals surface area contributed by atoms with Gasteiger partial charge in [-0.3, -0.25) is 4.79 Å². The minimum Gasteiger partial charge on any atom is -0.370 e. The number of guanidine groups is 1. The van der Waals surface area contributed by atoms with E-state index < -0.39 is 0 Å². The fraction of sp³-hybridized carbons (Fsp3) is 0.682. The SMILES string of the molecule is CCNC(=NCc1ccc(N2CCN(CC)CC2)nc1)N1CCCC(CC(N)=O)C1.I. The van der Waals surface area contributed by atoms with Gasteiger partial charge in [0, 0.05) is 58.4 Å². The molecule has 3 N–H and O–H groups in total. The topological polar surface area (TPSA) is 90.1 Å². The number of likely N-dealkylation sites (tertiary alicyclic amines) is 1. The van der Waals surface area contributed by atoms with Crippen LogP contribution in [0.15, 0.2) is 23.3 Å². The summed E-state index contributed by atoms with van der Waals surface area (Å²) in [5.74, 6) is 2.06. The Morgan fingerprint density at radius 1 is 1.23 bits per heavy atom. The number of nitrogens with one attached hydrogen (secondary N) is 1. The van der Waals surface area contributed by atoms with Crippen LogP contribution in [-0.2, 0) is 11.3 Å². The Balaban J connectivity index is 0.00000341. The van der Waals surface area contributed by atoms with E-state index in [1.54, 1.807) is 0 Å². The number of rotatable bonds is 7. The van der Waals surface area contributed by atoms with Crippen LogP contribution < -0.4 is 16.0 Å². The number of nitrogens with zero attached hydrogens (tertiary/aromatic N) is 5. The summed E-state index contributed by atoms with van der Waals surface area (Å²) >= 11 is 0. The molecule has 0 spiro atoms. The maximum absolute atomic E-state index is 11.3. The Morgan fingerprint density at radius 3 is 2.61 bits per heavy atom. The van der Waals surface area contributed by atoms with E-state index in [4.69, 9.17) is 10.7 Å². The zero-order valence-electron chi connectivity index (χ0n) is 18.9. The number of aliphatic imine (C=N–C) groups is 1. The number of piperidine rings is 1. The summed E-state index contributed by atoms with van der Waals surface area (Å²) in [5.41, 5.74) is 6.51. The summed E-state index contributed by atoms with van der Waals surface area (Å²) in [6.45, 7) is 12.9. The number of nitrogens with two attached hydrogens (primary N) is 1. The van der Waals surface area contributed by atoms with Crippen molar-refractivity contribution in [1.82, 2.24) is 20.1 Å². The van der Waals surface area contributed by atoms with Gasteiger partial charge in [-0.2, -0.15) is 0 Å². The number of aromatic nitrogens is 1. The lowest BCUT2D eigenvalue weighted by atomic mass is 9.95. The molecule has 0 radical (unpaired) electrons. The van der Waals surface area contributed by atoms with Crippen LogP contribution >= 0.6 is 24.0 Å². The molecule has 1 atom stereocenters. The number of amides is 1. The van der Waals surface area contributed by atoms with Crippen LogP contribution in [0, 0.1) is 5.92 Å². The molecule has 3 heterocycles. The molecule has 1 aromatic rings. The lowest BCUT2D eigenvalue weighted by Crippen LogP contribution is -2.47. The minimum absolute atomic E-state index is 0. The molecule has 2 aliphatic rings. The quantitative estimate of drug-likeness (QED) is 0.310. The molecular formula is C22H38IN7O. The van der Waals surface area contributed by atoms with E-state index in [1.165, 1.54) is 0 Å². The van der Waals surface area contributed by atoms with Crippen LogP contribution in [0.1, 0.15) is 38.7 Å². The molecular weight excluding hydrogens is 505 g/mol. The van der Waals surface area contributed by atoms with Gasteiger partial charge in [0.2, 0.25) is 5.91 Å². The Morgan fingerprint density at radius 2 is 2.00 bits per heavy atom. The number of carbonyl (C=O) groups excluding carboxylic acids is 1. The highest BCUT2D eigenvalue weighted by Gasteiger charge is 2.23. The van der Waals surface area contributed by atoms with Crippen molar-refractivity contribution in [1.29, 1.82) is 0 Å². The molecule has 3 rings (SSSR count). The van der Waals surface area contributed by atoms with Crippen LogP contribution in [0.4, 0.5) is 5.82 Å². The number of anilines is 1. The summed E-state index contributed by atoms with van der Waals surface area (Å²) in [6.07, 6.45) is 4.51. The molecule has 0 bridgehead atoms. The van der Waals surface area contributed by atoms with Gasteiger partial charge in [-0.25, -0.2) is 9.98 Å². The number of primary amides is 1. The number of hydrogen-bond acceptors (Lipinski definition) is 5. The van der Waals surface area contributed by atoms with E-state index in [1.807, 2.05) is 6.20 Å². The summed E-state index contributed by atoms with van der Waals surface area (Å²) in [4.78, 5) is 27.9. The van der Waals surface area contributed by atoms with Crippen molar-refractivity contribution in [2.45, 2.75) is 39.7 Å². The molecule has 1 amide bonds. The largest absolute Gasteiger partial charge is 0.370 e. The van der Waals surface area contributed by atoms with Crippen molar-refractivity contribution in [3.63, 3.8) is 0 Å². The van der Waals surface area contributed by atoms with Crippen LogP contribution in [0.2, 0.25) is 0 Å². The van der Waals surface area contributed by atoms with E-state index in [9.17, 15) is 4.79 Å². The Bertz CT molecular complexity index is 704. The second kappa shape index (κ2) is 13.0. The Kier molecular flexibility index (Phi) is 10.8. The van der Waals surface area contributed by atoms with E-state index in [0.717, 1.165) is 82.5 Å². The van der Waals surface area contributed by atoms with Crippen molar-refractivity contribution in [2.75, 3.05) is 57.3 Å². The van der Waals surface area contributed by atoms with Crippen LogP contribution in [0.5, 0.6) is 0 Å². The summed E-state index contributed by atoms with van der Waals surface area (Å²) in [5, 5.41) is 3.40. The van der Waals surface area contributed by atoms with Gasteiger partial charge in [-0.05, 0) is 43.9 Å². The zero-order valence-corrected chi connectivity index (χ0v) is 21.3. The van der Waals surface area contributed by atoms with Crippen LogP contribution in [0.25, 0.3) is 0 Å². The molecule has 8 nitrogen and oxygen atoms in total. The average molecular weight is 543 g/mol. The van der Waals surface area contributed by atoms with Gasteiger partial charge in [-0.15, -0.1) is 24.0 Å². The number of pyridine rings is 1. The molecule has 9 heteroatoms. The normalized spacial score (nSPS) is 20.3. The molecule has 2 aliphatic heterocycles. The minimum atomic E-state index is -0.217. The van der Waals surface area contributed by atoms with Crippen molar-refractivity contribution >= 4 is 41.7 Å². The van der Waals surface area contributed by atoms with Gasteiger partial charge < -0.3 is 25.8 Å².